The fraction of sp³-hybridized carbons (Fsp3) is 0.0588. The summed E-state index contributed by atoms with van der Waals surface area (Å²) in [5, 5.41) is 28.3. The van der Waals surface area contributed by atoms with Crippen molar-refractivity contribution < 1.29 is 9.85 Å². The molecule has 28 heavy (non-hydrogen) atoms. The number of aromatic nitrogens is 2. The second-order valence-electron chi connectivity index (χ2n) is 5.64. The first kappa shape index (κ1) is 19.0. The lowest BCUT2D eigenvalue weighted by atomic mass is 10.2. The lowest BCUT2D eigenvalue weighted by Gasteiger charge is -2.10. The Bertz CT molecular complexity index is 1100. The van der Waals surface area contributed by atoms with Crippen molar-refractivity contribution in [1.82, 2.24) is 9.78 Å². The Morgan fingerprint density at radius 2 is 1.50 bits per heavy atom. The van der Waals surface area contributed by atoms with Gasteiger partial charge in [-0.1, -0.05) is 23.7 Å². The number of rotatable bonds is 6. The maximum absolute atomic E-state index is 12.5. The molecule has 0 aliphatic rings. The Kier molecular flexibility index (Phi) is 5.32. The van der Waals surface area contributed by atoms with Crippen molar-refractivity contribution in [3.8, 4) is 5.69 Å². The molecule has 0 saturated carbocycles. The van der Waals surface area contributed by atoms with Crippen LogP contribution < -0.4 is 10.9 Å². The molecule has 0 spiro atoms. The third-order valence-corrected chi connectivity index (χ3v) is 4.22. The van der Waals surface area contributed by atoms with Crippen molar-refractivity contribution in [1.29, 1.82) is 0 Å². The van der Waals surface area contributed by atoms with E-state index >= 15 is 0 Å². The van der Waals surface area contributed by atoms with E-state index in [1.165, 1.54) is 42.6 Å². The first-order valence-corrected chi connectivity index (χ1v) is 8.24. The number of nitro benzene ring substituents is 2. The molecule has 10 nitrogen and oxygen atoms in total. The maximum atomic E-state index is 12.5. The molecule has 0 saturated heterocycles. The summed E-state index contributed by atoms with van der Waals surface area (Å²) in [5.74, 6) is 0. The van der Waals surface area contributed by atoms with Gasteiger partial charge in [0.05, 0.1) is 27.4 Å². The SMILES string of the molecule is O=c1c(Cl)c(NCc2ccc([N+](=O)[O-])cc2)cnn1-c1ccc([N+](=O)[O-])cc1. The molecule has 0 amide bonds. The number of non-ortho nitro benzene ring substituents is 2. The van der Waals surface area contributed by atoms with Crippen molar-refractivity contribution in [3.05, 3.63) is 95.9 Å². The summed E-state index contributed by atoms with van der Waals surface area (Å²) in [7, 11) is 0. The molecule has 1 N–H and O–H groups in total. The summed E-state index contributed by atoms with van der Waals surface area (Å²) in [6.45, 7) is 0.278. The molecule has 0 bridgehead atoms. The average Bonchev–Trinajstić information content (AvgIpc) is 2.69. The van der Waals surface area contributed by atoms with Gasteiger partial charge in [-0.25, -0.2) is 0 Å². The van der Waals surface area contributed by atoms with Gasteiger partial charge in [0.2, 0.25) is 0 Å². The highest BCUT2D eigenvalue weighted by Crippen LogP contribution is 2.20. The van der Waals surface area contributed by atoms with Crippen LogP contribution in [0.5, 0.6) is 0 Å². The zero-order valence-electron chi connectivity index (χ0n) is 14.1. The molecule has 11 heteroatoms. The van der Waals surface area contributed by atoms with Gasteiger partial charge in [-0.15, -0.1) is 0 Å². The molecule has 0 aliphatic heterocycles. The highest BCUT2D eigenvalue weighted by Gasteiger charge is 2.12. The summed E-state index contributed by atoms with van der Waals surface area (Å²) in [5.41, 5.74) is 0.659. The highest BCUT2D eigenvalue weighted by molar-refractivity contribution is 6.32. The van der Waals surface area contributed by atoms with Crippen LogP contribution in [0.25, 0.3) is 5.69 Å². The van der Waals surface area contributed by atoms with Crippen LogP contribution in [-0.2, 0) is 6.54 Å². The van der Waals surface area contributed by atoms with Crippen LogP contribution in [0, 0.1) is 20.2 Å². The normalized spacial score (nSPS) is 10.5. The Morgan fingerprint density at radius 1 is 0.964 bits per heavy atom. The van der Waals surface area contributed by atoms with Gasteiger partial charge in [-0.05, 0) is 17.7 Å². The zero-order valence-corrected chi connectivity index (χ0v) is 14.9. The van der Waals surface area contributed by atoms with Crippen LogP contribution in [0.3, 0.4) is 0 Å². The Hall–Kier alpha value is -3.79. The molecule has 3 aromatic rings. The Balaban J connectivity index is 1.79. The number of anilines is 1. The second-order valence-corrected chi connectivity index (χ2v) is 6.02. The minimum absolute atomic E-state index is 0.0193. The Labute approximate surface area is 162 Å². The first-order chi connectivity index (χ1) is 13.4. The minimum Gasteiger partial charge on any atom is -0.378 e. The number of nitro groups is 2. The molecule has 2 aromatic carbocycles. The standard InChI is InChI=1S/C17H12ClN5O5/c18-16-15(19-9-11-1-3-13(4-2-11)22(25)26)10-20-21(17(16)24)12-5-7-14(8-6-12)23(27)28/h1-8,10,19H,9H2. The Morgan fingerprint density at radius 3 is 2.04 bits per heavy atom. The first-order valence-electron chi connectivity index (χ1n) is 7.86. The monoisotopic (exact) mass is 401 g/mol. The zero-order chi connectivity index (χ0) is 20.3. The number of benzene rings is 2. The van der Waals surface area contributed by atoms with Gasteiger partial charge in [-0.2, -0.15) is 9.78 Å². The van der Waals surface area contributed by atoms with Crippen LogP contribution in [0.2, 0.25) is 5.02 Å². The molecule has 0 aliphatic carbocycles. The molecule has 0 unspecified atom stereocenters. The van der Waals surface area contributed by atoms with E-state index in [1.54, 1.807) is 12.1 Å². The van der Waals surface area contributed by atoms with Gasteiger partial charge in [0.25, 0.3) is 16.9 Å². The molecule has 1 heterocycles. The third kappa shape index (κ3) is 3.96. The fourth-order valence-corrected chi connectivity index (χ4v) is 2.58. The maximum Gasteiger partial charge on any atom is 0.292 e. The molecule has 142 valence electrons. The predicted octanol–water partition coefficient (Wildman–Crippen LogP) is 3.31. The number of hydrogen-bond acceptors (Lipinski definition) is 7. The second kappa shape index (κ2) is 7.84. The van der Waals surface area contributed by atoms with Crippen LogP contribution in [-0.4, -0.2) is 19.6 Å². The van der Waals surface area contributed by atoms with Gasteiger partial charge in [-0.3, -0.25) is 25.0 Å². The minimum atomic E-state index is -0.593. The van der Waals surface area contributed by atoms with Gasteiger partial charge in [0, 0.05) is 30.8 Å². The van der Waals surface area contributed by atoms with E-state index in [0.717, 1.165) is 10.2 Å². The summed E-state index contributed by atoms with van der Waals surface area (Å²) in [6, 6.07) is 11.2. The van der Waals surface area contributed by atoms with E-state index < -0.39 is 15.4 Å². The van der Waals surface area contributed by atoms with E-state index in [-0.39, 0.29) is 22.9 Å². The number of hydrogen-bond donors (Lipinski definition) is 1. The molecular formula is C17H12ClN5O5. The van der Waals surface area contributed by atoms with Gasteiger partial charge < -0.3 is 5.32 Å². The quantitative estimate of drug-likeness (QED) is 0.494. The van der Waals surface area contributed by atoms with E-state index in [4.69, 9.17) is 11.6 Å². The summed E-state index contributed by atoms with van der Waals surface area (Å²) in [6.07, 6.45) is 1.36. The lowest BCUT2D eigenvalue weighted by Crippen LogP contribution is -2.22. The van der Waals surface area contributed by atoms with Crippen molar-refractivity contribution >= 4 is 28.7 Å². The average molecular weight is 402 g/mol. The van der Waals surface area contributed by atoms with Crippen LogP contribution >= 0.6 is 11.6 Å². The number of nitrogens with zero attached hydrogens (tertiary/aromatic N) is 4. The van der Waals surface area contributed by atoms with Crippen LogP contribution in [0.4, 0.5) is 17.1 Å². The van der Waals surface area contributed by atoms with Gasteiger partial charge in [0.1, 0.15) is 5.02 Å². The molecule has 0 atom stereocenters. The van der Waals surface area contributed by atoms with Crippen LogP contribution in [0.1, 0.15) is 5.56 Å². The van der Waals surface area contributed by atoms with Crippen molar-refractivity contribution in [3.63, 3.8) is 0 Å². The van der Waals surface area contributed by atoms with E-state index in [1.807, 2.05) is 0 Å². The van der Waals surface area contributed by atoms with E-state index in [0.29, 0.717) is 11.4 Å². The van der Waals surface area contributed by atoms with Crippen LogP contribution in [0.15, 0.2) is 59.5 Å². The largest absolute Gasteiger partial charge is 0.378 e. The summed E-state index contributed by atoms with van der Waals surface area (Å²) < 4.78 is 1.03. The van der Waals surface area contributed by atoms with Crippen molar-refractivity contribution in [2.24, 2.45) is 0 Å². The molecule has 3 rings (SSSR count). The topological polar surface area (TPSA) is 133 Å². The van der Waals surface area contributed by atoms with Crippen molar-refractivity contribution in [2.75, 3.05) is 5.32 Å². The number of halogens is 1. The smallest absolute Gasteiger partial charge is 0.292 e. The predicted molar refractivity (Wildman–Crippen MR) is 102 cm³/mol. The lowest BCUT2D eigenvalue weighted by molar-refractivity contribution is -0.385. The molecule has 0 radical (unpaired) electrons. The molecule has 1 aromatic heterocycles. The summed E-state index contributed by atoms with van der Waals surface area (Å²) >= 11 is 6.13. The van der Waals surface area contributed by atoms with E-state index in [2.05, 4.69) is 10.4 Å². The van der Waals surface area contributed by atoms with Gasteiger partial charge in [0.15, 0.2) is 0 Å². The van der Waals surface area contributed by atoms with Gasteiger partial charge >= 0.3 is 0 Å². The third-order valence-electron chi connectivity index (χ3n) is 3.85. The van der Waals surface area contributed by atoms with Crippen molar-refractivity contribution in [2.45, 2.75) is 6.54 Å². The number of nitrogens with one attached hydrogen (secondary N) is 1. The molecular weight excluding hydrogens is 390 g/mol. The fourth-order valence-electron chi connectivity index (χ4n) is 2.39. The molecule has 0 fully saturated rings. The highest BCUT2D eigenvalue weighted by atomic mass is 35.5. The summed E-state index contributed by atoms with van der Waals surface area (Å²) in [4.78, 5) is 32.8. The van der Waals surface area contributed by atoms with E-state index in [9.17, 15) is 25.0 Å².